The third-order valence-electron chi connectivity index (χ3n) is 5.92. The first-order valence-corrected chi connectivity index (χ1v) is 9.25. The van der Waals surface area contributed by atoms with Crippen molar-refractivity contribution in [2.75, 3.05) is 40.3 Å². The van der Waals surface area contributed by atoms with E-state index in [0.29, 0.717) is 5.92 Å². The van der Waals surface area contributed by atoms with E-state index in [1.807, 2.05) is 0 Å². The molecule has 1 aliphatic heterocycles. The molecule has 0 aromatic heterocycles. The van der Waals surface area contributed by atoms with E-state index in [9.17, 15) is 0 Å². The first-order chi connectivity index (χ1) is 11.7. The number of likely N-dealkylation sites (tertiary alicyclic amines) is 1. The monoisotopic (exact) mass is 480 g/mol. The molecule has 2 aromatic carbocycles. The van der Waals surface area contributed by atoms with Crippen LogP contribution in [0.1, 0.15) is 34.9 Å². The zero-order chi connectivity index (χ0) is 16.5. The molecule has 0 N–H and O–H groups in total. The van der Waals surface area contributed by atoms with Crippen LogP contribution in [-0.2, 0) is 0 Å². The Morgan fingerprint density at radius 1 is 0.923 bits per heavy atom. The summed E-state index contributed by atoms with van der Waals surface area (Å²) in [5.41, 5.74) is 4.68. The molecule has 0 radical (unpaired) electrons. The van der Waals surface area contributed by atoms with Crippen molar-refractivity contribution in [2.45, 2.75) is 18.3 Å². The van der Waals surface area contributed by atoms with Gasteiger partial charge in [0.1, 0.15) is 0 Å². The Kier molecular flexibility index (Phi) is 7.90. The lowest BCUT2D eigenvalue weighted by Gasteiger charge is -2.38. The van der Waals surface area contributed by atoms with Crippen LogP contribution < -0.4 is 0 Å². The molecular weight excluding hydrogens is 452 g/mol. The van der Waals surface area contributed by atoms with Crippen molar-refractivity contribution in [3.63, 3.8) is 0 Å². The number of fused-ring (bicyclic) bond motifs is 3. The molecule has 0 unspecified atom stereocenters. The zero-order valence-electron chi connectivity index (χ0n) is 15.7. The predicted molar refractivity (Wildman–Crippen MR) is 121 cm³/mol. The summed E-state index contributed by atoms with van der Waals surface area (Å²) in [6.07, 6.45) is 1.30. The zero-order valence-corrected chi connectivity index (χ0v) is 19.1. The van der Waals surface area contributed by atoms with E-state index < -0.39 is 0 Å². The predicted octanol–water partition coefficient (Wildman–Crippen LogP) is 4.96. The van der Waals surface area contributed by atoms with Crippen LogP contribution in [0.25, 0.3) is 0 Å². The Labute approximate surface area is 179 Å². The number of piperidine rings is 1. The Morgan fingerprint density at radius 3 is 2.27 bits per heavy atom. The first-order valence-electron chi connectivity index (χ1n) is 9.25. The Hall–Kier alpha value is -0.680. The average molecular weight is 482 g/mol. The first kappa shape index (κ1) is 21.6. The van der Waals surface area contributed by atoms with E-state index in [0.717, 1.165) is 18.4 Å². The maximum absolute atomic E-state index is 2.68. The van der Waals surface area contributed by atoms with Crippen molar-refractivity contribution >= 4 is 34.0 Å². The molecule has 1 fully saturated rings. The van der Waals surface area contributed by atoms with Gasteiger partial charge in [-0.2, -0.15) is 0 Å². The lowest BCUT2D eigenvalue weighted by molar-refractivity contribution is 0.143. The summed E-state index contributed by atoms with van der Waals surface area (Å²) in [5, 5.41) is 0. The molecule has 3 atom stereocenters. The van der Waals surface area contributed by atoms with Crippen LogP contribution in [0.5, 0.6) is 0 Å². The third kappa shape index (κ3) is 4.24. The van der Waals surface area contributed by atoms with E-state index >= 15 is 0 Å². The number of benzene rings is 2. The van der Waals surface area contributed by atoms with Gasteiger partial charge in [-0.15, -0.1) is 34.0 Å². The molecule has 1 heterocycles. The molecular formula is C22H30Br2N2. The second-order valence-electron chi connectivity index (χ2n) is 7.68. The lowest BCUT2D eigenvalue weighted by atomic mass is 9.79. The number of likely N-dealkylation sites (N-methyl/N-ethyl adjacent to an activating group) is 1. The Bertz CT molecular complexity index is 690. The van der Waals surface area contributed by atoms with Crippen molar-refractivity contribution in [3.8, 4) is 0 Å². The van der Waals surface area contributed by atoms with Gasteiger partial charge in [-0.25, -0.2) is 0 Å². The summed E-state index contributed by atoms with van der Waals surface area (Å²) < 4.78 is 0. The number of hydrogen-bond acceptors (Lipinski definition) is 2. The highest BCUT2D eigenvalue weighted by atomic mass is 79.9. The van der Waals surface area contributed by atoms with Gasteiger partial charge in [0, 0.05) is 25.6 Å². The summed E-state index contributed by atoms with van der Waals surface area (Å²) in [6.45, 7) is 4.81. The molecule has 1 saturated heterocycles. The standard InChI is InChI=1S/C22H28N2.2BrH/c1-23(2)14-15-24-13-12-19-18-10-6-7-11-20(18)22(21(19)16-24)17-8-4-3-5-9-17;;/h3-11,19,21-22H,12-16H2,1-2H3;2*1H/t19-,21-,22+;;/m0../s1. The van der Waals surface area contributed by atoms with Crippen LogP contribution in [0.15, 0.2) is 54.6 Å². The molecule has 2 nitrogen and oxygen atoms in total. The molecule has 2 aliphatic rings. The number of nitrogens with zero attached hydrogens (tertiary/aromatic N) is 2. The summed E-state index contributed by atoms with van der Waals surface area (Å²) in [5.74, 6) is 2.03. The molecule has 0 bridgehead atoms. The maximum Gasteiger partial charge on any atom is 0.0138 e. The number of rotatable bonds is 4. The normalized spacial score (nSPS) is 24.3. The summed E-state index contributed by atoms with van der Waals surface area (Å²) in [4.78, 5) is 4.98. The molecule has 142 valence electrons. The fourth-order valence-electron chi connectivity index (χ4n) is 4.77. The van der Waals surface area contributed by atoms with Crippen molar-refractivity contribution in [3.05, 3.63) is 71.3 Å². The average Bonchev–Trinajstić information content (AvgIpc) is 2.94. The van der Waals surface area contributed by atoms with Gasteiger partial charge in [0.25, 0.3) is 0 Å². The number of hydrogen-bond donors (Lipinski definition) is 0. The minimum absolute atomic E-state index is 0. The second-order valence-corrected chi connectivity index (χ2v) is 7.68. The molecule has 4 heteroatoms. The van der Waals surface area contributed by atoms with Crippen molar-refractivity contribution in [1.82, 2.24) is 9.80 Å². The summed E-state index contributed by atoms with van der Waals surface area (Å²) >= 11 is 0. The van der Waals surface area contributed by atoms with Crippen LogP contribution in [0.3, 0.4) is 0 Å². The molecule has 1 aliphatic carbocycles. The van der Waals surface area contributed by atoms with Gasteiger partial charge >= 0.3 is 0 Å². The topological polar surface area (TPSA) is 6.48 Å². The second kappa shape index (κ2) is 9.50. The van der Waals surface area contributed by atoms with Gasteiger partial charge in [-0.3, -0.25) is 0 Å². The lowest BCUT2D eigenvalue weighted by Crippen LogP contribution is -2.42. The molecule has 4 rings (SSSR count). The smallest absolute Gasteiger partial charge is 0.0138 e. The minimum atomic E-state index is 0. The van der Waals surface area contributed by atoms with Crippen LogP contribution in [0.2, 0.25) is 0 Å². The Balaban J connectivity index is 0.00000121. The van der Waals surface area contributed by atoms with E-state index in [2.05, 4.69) is 78.5 Å². The fourth-order valence-corrected chi connectivity index (χ4v) is 4.77. The highest BCUT2D eigenvalue weighted by Crippen LogP contribution is 2.52. The Morgan fingerprint density at radius 2 is 1.58 bits per heavy atom. The molecule has 0 saturated carbocycles. The molecule has 26 heavy (non-hydrogen) atoms. The van der Waals surface area contributed by atoms with E-state index in [4.69, 9.17) is 0 Å². The molecule has 0 amide bonds. The number of halogens is 2. The van der Waals surface area contributed by atoms with Gasteiger partial charge < -0.3 is 9.80 Å². The van der Waals surface area contributed by atoms with Gasteiger partial charge in [0.2, 0.25) is 0 Å². The van der Waals surface area contributed by atoms with Crippen molar-refractivity contribution in [2.24, 2.45) is 5.92 Å². The third-order valence-corrected chi connectivity index (χ3v) is 5.92. The quantitative estimate of drug-likeness (QED) is 0.609. The fraction of sp³-hybridized carbons (Fsp3) is 0.455. The maximum atomic E-state index is 2.68. The van der Waals surface area contributed by atoms with E-state index in [-0.39, 0.29) is 34.0 Å². The highest BCUT2D eigenvalue weighted by molar-refractivity contribution is 8.93. The molecule has 2 aromatic rings. The largest absolute Gasteiger partial charge is 0.308 e. The van der Waals surface area contributed by atoms with Crippen LogP contribution in [-0.4, -0.2) is 50.1 Å². The van der Waals surface area contributed by atoms with Gasteiger partial charge in [-0.05, 0) is 55.6 Å². The van der Waals surface area contributed by atoms with Gasteiger partial charge in [0.05, 0.1) is 0 Å². The van der Waals surface area contributed by atoms with Crippen LogP contribution in [0.4, 0.5) is 0 Å². The highest BCUT2D eigenvalue weighted by Gasteiger charge is 2.43. The van der Waals surface area contributed by atoms with Crippen molar-refractivity contribution in [1.29, 1.82) is 0 Å². The summed E-state index contributed by atoms with van der Waals surface area (Å²) in [7, 11) is 4.34. The van der Waals surface area contributed by atoms with E-state index in [1.165, 1.54) is 31.6 Å². The van der Waals surface area contributed by atoms with Crippen LogP contribution >= 0.6 is 34.0 Å². The van der Waals surface area contributed by atoms with Crippen molar-refractivity contribution < 1.29 is 0 Å². The van der Waals surface area contributed by atoms with E-state index in [1.54, 1.807) is 11.1 Å². The van der Waals surface area contributed by atoms with Gasteiger partial charge in [-0.1, -0.05) is 54.6 Å². The molecule has 0 spiro atoms. The minimum Gasteiger partial charge on any atom is -0.308 e. The van der Waals surface area contributed by atoms with Crippen LogP contribution in [0, 0.1) is 5.92 Å². The SMILES string of the molecule is Br.Br.CN(C)CCN1CC[C@H]2c3ccccc3[C@@H](c3ccccc3)[C@H]2C1. The summed E-state index contributed by atoms with van der Waals surface area (Å²) in [6, 6.07) is 20.4. The van der Waals surface area contributed by atoms with Gasteiger partial charge in [0.15, 0.2) is 0 Å².